The Morgan fingerprint density at radius 2 is 1.74 bits per heavy atom. The van der Waals surface area contributed by atoms with Crippen molar-refractivity contribution in [3.05, 3.63) is 29.8 Å². The molecule has 0 aliphatic rings. The molecule has 0 atom stereocenters. The molecule has 1 rings (SSSR count). The minimum absolute atomic E-state index is 0. The Morgan fingerprint density at radius 3 is 2.11 bits per heavy atom. The molecule has 0 unspecified atom stereocenters. The number of nitrogens with one attached hydrogen (secondary N) is 1. The fourth-order valence-electron chi connectivity index (χ4n) is 1.16. The van der Waals surface area contributed by atoms with Gasteiger partial charge in [0, 0.05) is 17.6 Å². The van der Waals surface area contributed by atoms with Gasteiger partial charge in [-0.2, -0.15) is 0 Å². The Balaban J connectivity index is 0.00000324. The molecule has 8 heteroatoms. The normalized spacial score (nSPS) is 11.7. The number of amides is 1. The Bertz CT molecular complexity index is 535. The van der Waals surface area contributed by atoms with Crippen molar-refractivity contribution in [2.24, 2.45) is 11.5 Å². The molecule has 0 bridgehead atoms. The molecule has 0 aliphatic carbocycles. The summed E-state index contributed by atoms with van der Waals surface area (Å²) in [7, 11) is -3.62. The first-order chi connectivity index (χ1) is 8.12. The zero-order chi connectivity index (χ0) is 14.0. The maximum Gasteiger partial charge on any atom is 0.248 e. The summed E-state index contributed by atoms with van der Waals surface area (Å²) in [5.74, 6) is -0.602. The molecule has 6 nitrogen and oxygen atoms in total. The van der Waals surface area contributed by atoms with Crippen molar-refractivity contribution in [2.45, 2.75) is 24.3 Å². The number of primary amides is 1. The van der Waals surface area contributed by atoms with Crippen LogP contribution in [-0.2, 0) is 10.0 Å². The van der Waals surface area contributed by atoms with Gasteiger partial charge >= 0.3 is 0 Å². The first-order valence-electron chi connectivity index (χ1n) is 5.30. The molecule has 0 aromatic heterocycles. The van der Waals surface area contributed by atoms with Crippen LogP contribution >= 0.6 is 12.4 Å². The van der Waals surface area contributed by atoms with Crippen LogP contribution in [0.3, 0.4) is 0 Å². The van der Waals surface area contributed by atoms with Crippen LogP contribution in [0.4, 0.5) is 0 Å². The van der Waals surface area contributed by atoms with Crippen molar-refractivity contribution in [1.82, 2.24) is 4.72 Å². The van der Waals surface area contributed by atoms with Crippen molar-refractivity contribution in [3.63, 3.8) is 0 Å². The zero-order valence-corrected chi connectivity index (χ0v) is 12.3. The molecule has 0 saturated carbocycles. The molecular formula is C11H18ClN3O3S. The summed E-state index contributed by atoms with van der Waals surface area (Å²) in [5.41, 5.74) is 10.4. The van der Waals surface area contributed by atoms with Crippen molar-refractivity contribution in [2.75, 3.05) is 6.54 Å². The van der Waals surface area contributed by atoms with Gasteiger partial charge in [0.15, 0.2) is 0 Å². The first kappa shape index (κ1) is 17.8. The van der Waals surface area contributed by atoms with E-state index in [1.54, 1.807) is 13.8 Å². The Morgan fingerprint density at radius 1 is 1.26 bits per heavy atom. The lowest BCUT2D eigenvalue weighted by atomic mass is 10.1. The fourth-order valence-corrected chi connectivity index (χ4v) is 2.39. The van der Waals surface area contributed by atoms with Crippen LogP contribution in [0.2, 0.25) is 0 Å². The van der Waals surface area contributed by atoms with E-state index in [-0.39, 0.29) is 29.4 Å². The number of carbonyl (C=O) groups is 1. The molecule has 1 amide bonds. The van der Waals surface area contributed by atoms with E-state index in [0.717, 1.165) is 0 Å². The van der Waals surface area contributed by atoms with Crippen LogP contribution in [-0.4, -0.2) is 26.4 Å². The number of benzene rings is 1. The van der Waals surface area contributed by atoms with Crippen LogP contribution in [0.25, 0.3) is 0 Å². The van der Waals surface area contributed by atoms with Gasteiger partial charge in [-0.1, -0.05) is 0 Å². The highest BCUT2D eigenvalue weighted by molar-refractivity contribution is 7.89. The van der Waals surface area contributed by atoms with Crippen LogP contribution < -0.4 is 16.2 Å². The minimum atomic E-state index is -3.62. The monoisotopic (exact) mass is 307 g/mol. The molecule has 0 radical (unpaired) electrons. The van der Waals surface area contributed by atoms with Gasteiger partial charge < -0.3 is 11.5 Å². The van der Waals surface area contributed by atoms with E-state index >= 15 is 0 Å². The summed E-state index contributed by atoms with van der Waals surface area (Å²) in [4.78, 5) is 10.9. The third kappa shape index (κ3) is 5.56. The Labute approximate surface area is 119 Å². The quantitative estimate of drug-likeness (QED) is 0.721. The number of rotatable bonds is 5. The van der Waals surface area contributed by atoms with E-state index in [0.29, 0.717) is 0 Å². The zero-order valence-electron chi connectivity index (χ0n) is 10.7. The van der Waals surface area contributed by atoms with E-state index in [1.165, 1.54) is 24.3 Å². The van der Waals surface area contributed by atoms with E-state index in [2.05, 4.69) is 4.72 Å². The molecule has 0 spiro atoms. The van der Waals surface area contributed by atoms with Gasteiger partial charge in [-0.15, -0.1) is 12.4 Å². The topological polar surface area (TPSA) is 115 Å². The summed E-state index contributed by atoms with van der Waals surface area (Å²) < 4.78 is 26.1. The summed E-state index contributed by atoms with van der Waals surface area (Å²) in [6.07, 6.45) is 0. The highest BCUT2D eigenvalue weighted by Gasteiger charge is 2.18. The highest BCUT2D eigenvalue weighted by Crippen LogP contribution is 2.10. The molecule has 0 saturated heterocycles. The van der Waals surface area contributed by atoms with Gasteiger partial charge in [0.05, 0.1) is 4.90 Å². The molecule has 0 heterocycles. The van der Waals surface area contributed by atoms with Gasteiger partial charge in [0.25, 0.3) is 0 Å². The largest absolute Gasteiger partial charge is 0.366 e. The molecule has 1 aromatic carbocycles. The maximum absolute atomic E-state index is 11.9. The first-order valence-corrected chi connectivity index (χ1v) is 6.78. The summed E-state index contributed by atoms with van der Waals surface area (Å²) >= 11 is 0. The lowest BCUT2D eigenvalue weighted by Crippen LogP contribution is -2.45. The Hall–Kier alpha value is -1.15. The molecule has 1 aromatic rings. The Kier molecular flexibility index (Phi) is 5.95. The van der Waals surface area contributed by atoms with E-state index in [1.807, 2.05) is 0 Å². The summed E-state index contributed by atoms with van der Waals surface area (Å²) in [6, 6.07) is 5.38. The standard InChI is InChI=1S/C11H17N3O3S.ClH/c1-11(2,13)7-14-18(16,17)9-5-3-8(4-6-9)10(12)15;/h3-6,14H,7,13H2,1-2H3,(H2,12,15);1H. The van der Waals surface area contributed by atoms with Crippen LogP contribution in [0.15, 0.2) is 29.2 Å². The van der Waals surface area contributed by atoms with Crippen molar-refractivity contribution in [3.8, 4) is 0 Å². The number of carbonyl (C=O) groups excluding carboxylic acids is 1. The molecule has 0 fully saturated rings. The number of nitrogens with two attached hydrogens (primary N) is 2. The second-order valence-electron chi connectivity index (χ2n) is 4.70. The van der Waals surface area contributed by atoms with Gasteiger partial charge in [0.1, 0.15) is 0 Å². The number of halogens is 1. The van der Waals surface area contributed by atoms with Gasteiger partial charge in [-0.3, -0.25) is 4.79 Å². The number of hydrogen-bond acceptors (Lipinski definition) is 4. The molecular weight excluding hydrogens is 290 g/mol. The smallest absolute Gasteiger partial charge is 0.248 e. The molecule has 19 heavy (non-hydrogen) atoms. The van der Waals surface area contributed by atoms with Crippen LogP contribution in [0.1, 0.15) is 24.2 Å². The molecule has 0 aliphatic heterocycles. The van der Waals surface area contributed by atoms with Crippen molar-refractivity contribution in [1.29, 1.82) is 0 Å². The lowest BCUT2D eigenvalue weighted by molar-refractivity contribution is 0.1000. The third-order valence-electron chi connectivity index (χ3n) is 2.17. The number of hydrogen-bond donors (Lipinski definition) is 3. The highest BCUT2D eigenvalue weighted by atomic mass is 35.5. The van der Waals surface area contributed by atoms with E-state index in [9.17, 15) is 13.2 Å². The molecule has 5 N–H and O–H groups in total. The van der Waals surface area contributed by atoms with Crippen molar-refractivity contribution >= 4 is 28.3 Å². The average molecular weight is 308 g/mol. The summed E-state index contributed by atoms with van der Waals surface area (Å²) in [5, 5.41) is 0. The summed E-state index contributed by atoms with van der Waals surface area (Å²) in [6.45, 7) is 3.55. The fraction of sp³-hybridized carbons (Fsp3) is 0.364. The second kappa shape index (κ2) is 6.33. The number of sulfonamides is 1. The van der Waals surface area contributed by atoms with Gasteiger partial charge in [0.2, 0.25) is 15.9 Å². The van der Waals surface area contributed by atoms with Crippen LogP contribution in [0.5, 0.6) is 0 Å². The SMILES string of the molecule is CC(C)(N)CNS(=O)(=O)c1ccc(C(N)=O)cc1.Cl. The lowest BCUT2D eigenvalue weighted by Gasteiger charge is -2.18. The third-order valence-corrected chi connectivity index (χ3v) is 3.58. The second-order valence-corrected chi connectivity index (χ2v) is 6.47. The maximum atomic E-state index is 11.9. The van der Waals surface area contributed by atoms with Crippen LogP contribution in [0, 0.1) is 0 Å². The predicted molar refractivity (Wildman–Crippen MR) is 75.7 cm³/mol. The minimum Gasteiger partial charge on any atom is -0.366 e. The average Bonchev–Trinajstić information content (AvgIpc) is 2.26. The molecule has 108 valence electrons. The van der Waals surface area contributed by atoms with E-state index < -0.39 is 21.5 Å². The van der Waals surface area contributed by atoms with Gasteiger partial charge in [-0.05, 0) is 38.1 Å². The van der Waals surface area contributed by atoms with Crippen molar-refractivity contribution < 1.29 is 13.2 Å². The van der Waals surface area contributed by atoms with Gasteiger partial charge in [-0.25, -0.2) is 13.1 Å². The predicted octanol–water partition coefficient (Wildman–Crippen LogP) is 0.223. The van der Waals surface area contributed by atoms with E-state index in [4.69, 9.17) is 11.5 Å².